The van der Waals surface area contributed by atoms with Crippen molar-refractivity contribution in [2.45, 2.75) is 18.9 Å². The van der Waals surface area contributed by atoms with Crippen LogP contribution in [-0.2, 0) is 14.6 Å². The van der Waals surface area contributed by atoms with E-state index < -0.39 is 9.84 Å². The van der Waals surface area contributed by atoms with Crippen LogP contribution in [0.4, 0.5) is 5.69 Å². The maximum atomic E-state index is 11.9. The SMILES string of the molecule is O=S(=O)(CCNc1ccccc1Br)CC1CCCO1. The molecule has 19 heavy (non-hydrogen) atoms. The number of hydrogen-bond donors (Lipinski definition) is 1. The van der Waals surface area contributed by atoms with Gasteiger partial charge in [-0.15, -0.1) is 0 Å². The number of para-hydroxylation sites is 1. The number of nitrogens with one attached hydrogen (secondary N) is 1. The number of sulfone groups is 1. The molecule has 0 aliphatic carbocycles. The van der Waals surface area contributed by atoms with Gasteiger partial charge in [0.1, 0.15) is 0 Å². The molecule has 1 fully saturated rings. The van der Waals surface area contributed by atoms with Crippen molar-refractivity contribution in [3.05, 3.63) is 28.7 Å². The van der Waals surface area contributed by atoms with Crippen LogP contribution in [0.1, 0.15) is 12.8 Å². The molecule has 1 heterocycles. The molecule has 1 atom stereocenters. The number of hydrogen-bond acceptors (Lipinski definition) is 4. The van der Waals surface area contributed by atoms with Crippen LogP contribution < -0.4 is 5.32 Å². The molecule has 1 aliphatic rings. The standard InChI is InChI=1S/C13H18BrNO3S/c14-12-5-1-2-6-13(12)15-7-9-19(16,17)10-11-4-3-8-18-11/h1-2,5-6,11,15H,3-4,7-10H2. The third kappa shape index (κ3) is 4.78. The molecule has 1 aliphatic heterocycles. The number of halogens is 1. The van der Waals surface area contributed by atoms with Gasteiger partial charge in [0.15, 0.2) is 9.84 Å². The van der Waals surface area contributed by atoms with E-state index in [0.29, 0.717) is 13.2 Å². The van der Waals surface area contributed by atoms with Gasteiger partial charge in [-0.05, 0) is 40.9 Å². The Bertz CT molecular complexity index is 512. The predicted molar refractivity (Wildman–Crippen MR) is 80.3 cm³/mol. The van der Waals surface area contributed by atoms with Gasteiger partial charge in [0.25, 0.3) is 0 Å². The monoisotopic (exact) mass is 347 g/mol. The Labute approximate surface area is 122 Å². The molecule has 1 aromatic rings. The average molecular weight is 348 g/mol. The average Bonchev–Trinajstić information content (AvgIpc) is 2.83. The molecule has 0 amide bonds. The topological polar surface area (TPSA) is 55.4 Å². The van der Waals surface area contributed by atoms with Crippen LogP contribution in [0.25, 0.3) is 0 Å². The third-order valence-corrected chi connectivity index (χ3v) is 5.46. The lowest BCUT2D eigenvalue weighted by molar-refractivity contribution is 0.127. The summed E-state index contributed by atoms with van der Waals surface area (Å²) in [6.45, 7) is 1.10. The minimum atomic E-state index is -3.05. The molecule has 0 aromatic heterocycles. The molecule has 0 saturated carbocycles. The van der Waals surface area contributed by atoms with Gasteiger partial charge in [-0.25, -0.2) is 8.42 Å². The van der Waals surface area contributed by atoms with E-state index in [1.54, 1.807) is 0 Å². The van der Waals surface area contributed by atoms with Crippen molar-refractivity contribution in [1.82, 2.24) is 0 Å². The summed E-state index contributed by atoms with van der Waals surface area (Å²) in [4.78, 5) is 0. The van der Waals surface area contributed by atoms with E-state index in [1.807, 2.05) is 24.3 Å². The summed E-state index contributed by atoms with van der Waals surface area (Å²) in [6, 6.07) is 7.66. The van der Waals surface area contributed by atoms with Crippen molar-refractivity contribution >= 4 is 31.5 Å². The first-order valence-electron chi connectivity index (χ1n) is 6.37. The fraction of sp³-hybridized carbons (Fsp3) is 0.538. The summed E-state index contributed by atoms with van der Waals surface area (Å²) in [5, 5.41) is 3.13. The second-order valence-corrected chi connectivity index (χ2v) is 7.74. The van der Waals surface area contributed by atoms with E-state index >= 15 is 0 Å². The Hall–Kier alpha value is -0.590. The first-order chi connectivity index (χ1) is 9.07. The van der Waals surface area contributed by atoms with Crippen LogP contribution in [0, 0.1) is 0 Å². The minimum Gasteiger partial charge on any atom is -0.383 e. The molecule has 2 rings (SSSR count). The second kappa shape index (κ2) is 6.72. The Morgan fingerprint density at radius 2 is 2.16 bits per heavy atom. The summed E-state index contributed by atoms with van der Waals surface area (Å²) < 4.78 is 30.2. The second-order valence-electron chi connectivity index (χ2n) is 4.66. The lowest BCUT2D eigenvalue weighted by Crippen LogP contribution is -2.25. The van der Waals surface area contributed by atoms with E-state index in [-0.39, 0.29) is 17.6 Å². The van der Waals surface area contributed by atoms with Gasteiger partial charge >= 0.3 is 0 Å². The molecule has 1 unspecified atom stereocenters. The molecular weight excluding hydrogens is 330 g/mol. The number of ether oxygens (including phenoxy) is 1. The molecule has 6 heteroatoms. The van der Waals surface area contributed by atoms with Gasteiger partial charge in [-0.3, -0.25) is 0 Å². The largest absolute Gasteiger partial charge is 0.383 e. The highest BCUT2D eigenvalue weighted by Gasteiger charge is 2.22. The molecule has 1 N–H and O–H groups in total. The summed E-state index contributed by atoms with van der Waals surface area (Å²) >= 11 is 3.42. The van der Waals surface area contributed by atoms with Crippen LogP contribution >= 0.6 is 15.9 Å². The molecule has 106 valence electrons. The number of anilines is 1. The first-order valence-corrected chi connectivity index (χ1v) is 8.99. The van der Waals surface area contributed by atoms with Crippen LogP contribution in [0.15, 0.2) is 28.7 Å². The summed E-state index contributed by atoms with van der Waals surface area (Å²) in [5.41, 5.74) is 0.912. The van der Waals surface area contributed by atoms with Crippen LogP contribution in [0.2, 0.25) is 0 Å². The van der Waals surface area contributed by atoms with Gasteiger partial charge in [-0.2, -0.15) is 0 Å². The van der Waals surface area contributed by atoms with Crippen molar-refractivity contribution in [2.24, 2.45) is 0 Å². The highest BCUT2D eigenvalue weighted by Crippen LogP contribution is 2.21. The van der Waals surface area contributed by atoms with E-state index in [9.17, 15) is 8.42 Å². The molecule has 4 nitrogen and oxygen atoms in total. The van der Waals surface area contributed by atoms with E-state index in [0.717, 1.165) is 23.0 Å². The molecule has 0 radical (unpaired) electrons. The van der Waals surface area contributed by atoms with Crippen molar-refractivity contribution in [3.8, 4) is 0 Å². The Kier molecular flexibility index (Phi) is 5.24. The molecule has 0 spiro atoms. The lowest BCUT2D eigenvalue weighted by atomic mass is 10.3. The lowest BCUT2D eigenvalue weighted by Gasteiger charge is -2.11. The number of benzene rings is 1. The maximum Gasteiger partial charge on any atom is 0.154 e. The zero-order chi connectivity index (χ0) is 13.7. The van der Waals surface area contributed by atoms with Gasteiger partial charge in [0.2, 0.25) is 0 Å². The Balaban J connectivity index is 1.79. The van der Waals surface area contributed by atoms with Gasteiger partial charge < -0.3 is 10.1 Å². The van der Waals surface area contributed by atoms with E-state index in [4.69, 9.17) is 4.74 Å². The summed E-state index contributed by atoms with van der Waals surface area (Å²) in [6.07, 6.45) is 1.72. The first kappa shape index (κ1) is 14.8. The third-order valence-electron chi connectivity index (χ3n) is 3.07. The predicted octanol–water partition coefficient (Wildman–Crippen LogP) is 2.45. The quantitative estimate of drug-likeness (QED) is 0.858. The molecule has 0 bridgehead atoms. The van der Waals surface area contributed by atoms with Crippen molar-refractivity contribution < 1.29 is 13.2 Å². The Morgan fingerprint density at radius 1 is 1.37 bits per heavy atom. The molecule has 1 aromatic carbocycles. The summed E-state index contributed by atoms with van der Waals surface area (Å²) in [7, 11) is -3.05. The maximum absolute atomic E-state index is 11.9. The van der Waals surface area contributed by atoms with Crippen LogP contribution in [0.5, 0.6) is 0 Å². The summed E-state index contributed by atoms with van der Waals surface area (Å²) in [5.74, 6) is 0.277. The normalized spacial score (nSPS) is 19.5. The van der Waals surface area contributed by atoms with Crippen molar-refractivity contribution in [1.29, 1.82) is 0 Å². The number of rotatable bonds is 6. The molecule has 1 saturated heterocycles. The molecular formula is C13H18BrNO3S. The Morgan fingerprint density at radius 3 is 2.84 bits per heavy atom. The fourth-order valence-corrected chi connectivity index (χ4v) is 3.92. The van der Waals surface area contributed by atoms with Crippen molar-refractivity contribution in [3.63, 3.8) is 0 Å². The highest BCUT2D eigenvalue weighted by atomic mass is 79.9. The van der Waals surface area contributed by atoms with Gasteiger partial charge in [0.05, 0.1) is 17.6 Å². The van der Waals surface area contributed by atoms with Gasteiger partial charge in [-0.1, -0.05) is 12.1 Å². The zero-order valence-electron chi connectivity index (χ0n) is 10.6. The van der Waals surface area contributed by atoms with E-state index in [2.05, 4.69) is 21.2 Å². The minimum absolute atomic E-state index is 0.103. The smallest absolute Gasteiger partial charge is 0.154 e. The van der Waals surface area contributed by atoms with Gasteiger partial charge in [0, 0.05) is 23.3 Å². The highest BCUT2D eigenvalue weighted by molar-refractivity contribution is 9.10. The van der Waals surface area contributed by atoms with Crippen LogP contribution in [0.3, 0.4) is 0 Å². The van der Waals surface area contributed by atoms with E-state index in [1.165, 1.54) is 0 Å². The zero-order valence-corrected chi connectivity index (χ0v) is 13.0. The van der Waals surface area contributed by atoms with Crippen molar-refractivity contribution in [2.75, 3.05) is 30.0 Å². The fourth-order valence-electron chi connectivity index (χ4n) is 2.09. The van der Waals surface area contributed by atoms with Crippen LogP contribution in [-0.4, -0.2) is 39.2 Å².